The molecule has 1 fully saturated rings. The van der Waals surface area contributed by atoms with E-state index in [0.717, 1.165) is 12.8 Å². The van der Waals surface area contributed by atoms with Crippen molar-refractivity contribution in [1.29, 1.82) is 0 Å². The standard InChI is InChI=1S/C32H41N5O8S2/c1-6-32(7-2)22-46-28(33-32)29(38)37(47(41,42)27-17-18-36(5)34-27)26(30(39)44-20-19-43-24-11-9-8-10-12-24)21-23-13-15-25(16-14-23)45-31(40)35(3)4/h8-18,26,28,33H,6-7,19-22H2,1-5H3/t26-,28-/m0/s1. The minimum absolute atomic E-state index is 0.00486. The highest BCUT2D eigenvalue weighted by atomic mass is 32.2. The Kier molecular flexibility index (Phi) is 11.9. The number of benzene rings is 2. The molecule has 0 aliphatic carbocycles. The fraction of sp³-hybridized carbons (Fsp3) is 0.438. The third kappa shape index (κ3) is 8.84. The molecule has 13 nitrogen and oxygen atoms in total. The number of carbonyl (C=O) groups excluding carboxylic acids is 3. The zero-order valence-corrected chi connectivity index (χ0v) is 28.8. The number of rotatable bonds is 14. The molecule has 254 valence electrons. The van der Waals surface area contributed by atoms with Crippen molar-refractivity contribution in [2.75, 3.05) is 33.1 Å². The number of sulfonamides is 1. The molecule has 47 heavy (non-hydrogen) atoms. The Hall–Kier alpha value is -4.08. The van der Waals surface area contributed by atoms with Crippen LogP contribution in [-0.2, 0) is 37.8 Å². The lowest BCUT2D eigenvalue weighted by Gasteiger charge is -2.32. The molecule has 4 rings (SSSR count). The number of hydrogen-bond acceptors (Lipinski definition) is 11. The Morgan fingerprint density at radius 3 is 2.28 bits per heavy atom. The summed E-state index contributed by atoms with van der Waals surface area (Å²) >= 11 is 1.30. The molecule has 1 aromatic heterocycles. The van der Waals surface area contributed by atoms with E-state index in [2.05, 4.69) is 10.4 Å². The highest BCUT2D eigenvalue weighted by molar-refractivity contribution is 8.01. The van der Waals surface area contributed by atoms with Gasteiger partial charge in [0.25, 0.3) is 15.9 Å². The van der Waals surface area contributed by atoms with Crippen molar-refractivity contribution < 1.29 is 37.0 Å². The lowest BCUT2D eigenvalue weighted by atomic mass is 9.95. The van der Waals surface area contributed by atoms with E-state index >= 15 is 0 Å². The van der Waals surface area contributed by atoms with Crippen LogP contribution in [0.25, 0.3) is 0 Å². The zero-order chi connectivity index (χ0) is 34.2. The number of ether oxygens (including phenoxy) is 3. The average Bonchev–Trinajstić information content (AvgIpc) is 3.71. The number of hydrogen-bond donors (Lipinski definition) is 1. The topological polar surface area (TPSA) is 149 Å². The fourth-order valence-corrected chi connectivity index (χ4v) is 8.01. The van der Waals surface area contributed by atoms with Crippen molar-refractivity contribution in [1.82, 2.24) is 24.3 Å². The predicted octanol–water partition coefficient (Wildman–Crippen LogP) is 3.45. The molecule has 2 heterocycles. The van der Waals surface area contributed by atoms with Gasteiger partial charge < -0.3 is 19.1 Å². The number of nitrogens with zero attached hydrogens (tertiary/aromatic N) is 4. The number of thioether (sulfide) groups is 1. The van der Waals surface area contributed by atoms with Crippen LogP contribution in [0.15, 0.2) is 71.9 Å². The Morgan fingerprint density at radius 1 is 1.02 bits per heavy atom. The molecule has 1 aliphatic heterocycles. The SMILES string of the molecule is CCC1(CC)CS[C@@H](C(=O)N([C@@H](Cc2ccc(OC(=O)N(C)C)cc2)C(=O)OCCOc2ccccc2)S(=O)(=O)c2ccn(C)n2)N1. The van der Waals surface area contributed by atoms with Crippen molar-refractivity contribution in [3.05, 3.63) is 72.4 Å². The van der Waals surface area contributed by atoms with Gasteiger partial charge in [0, 0.05) is 45.1 Å². The van der Waals surface area contributed by atoms with Gasteiger partial charge in [0.2, 0.25) is 0 Å². The van der Waals surface area contributed by atoms with Crippen molar-refractivity contribution >= 4 is 39.8 Å². The van der Waals surface area contributed by atoms with E-state index in [4.69, 9.17) is 14.2 Å². The van der Waals surface area contributed by atoms with Gasteiger partial charge in [-0.2, -0.15) is 13.5 Å². The fourth-order valence-electron chi connectivity index (χ4n) is 4.87. The van der Waals surface area contributed by atoms with Crippen LogP contribution in [0.3, 0.4) is 0 Å². The first-order valence-corrected chi connectivity index (χ1v) is 17.7. The van der Waals surface area contributed by atoms with Gasteiger partial charge in [-0.25, -0.2) is 13.9 Å². The quantitative estimate of drug-likeness (QED) is 0.196. The summed E-state index contributed by atoms with van der Waals surface area (Å²) in [7, 11) is 0.00673. The van der Waals surface area contributed by atoms with Gasteiger partial charge in [-0.15, -0.1) is 11.8 Å². The molecule has 15 heteroatoms. The Morgan fingerprint density at radius 2 is 1.70 bits per heavy atom. The summed E-state index contributed by atoms with van der Waals surface area (Å²) in [5.74, 6) is -0.321. The summed E-state index contributed by atoms with van der Waals surface area (Å²) in [6.45, 7) is 3.82. The van der Waals surface area contributed by atoms with Crippen molar-refractivity contribution in [3.8, 4) is 11.5 Å². The highest BCUT2D eigenvalue weighted by Gasteiger charge is 2.48. The molecule has 0 spiro atoms. The smallest absolute Gasteiger partial charge is 0.414 e. The van der Waals surface area contributed by atoms with E-state index in [1.54, 1.807) is 57.5 Å². The molecule has 0 radical (unpaired) electrons. The monoisotopic (exact) mass is 687 g/mol. The van der Waals surface area contributed by atoms with Crippen LogP contribution in [0, 0.1) is 0 Å². The molecule has 0 unspecified atom stereocenters. The lowest BCUT2D eigenvalue weighted by Crippen LogP contribution is -2.56. The van der Waals surface area contributed by atoms with Gasteiger partial charge >= 0.3 is 12.1 Å². The maximum Gasteiger partial charge on any atom is 0.414 e. The minimum atomic E-state index is -4.65. The molecule has 3 aromatic rings. The predicted molar refractivity (Wildman–Crippen MR) is 176 cm³/mol. The normalized spacial score (nSPS) is 16.2. The number of para-hydroxylation sites is 1. The van der Waals surface area contributed by atoms with E-state index in [9.17, 15) is 22.8 Å². The molecular formula is C32H41N5O8S2. The molecule has 1 saturated heterocycles. The van der Waals surface area contributed by atoms with Crippen LogP contribution >= 0.6 is 11.8 Å². The summed E-state index contributed by atoms with van der Waals surface area (Å²) in [5, 5.41) is 6.08. The van der Waals surface area contributed by atoms with Gasteiger partial charge in [-0.3, -0.25) is 14.8 Å². The number of nitrogens with one attached hydrogen (secondary N) is 1. The number of aryl methyl sites for hydroxylation is 1. The third-order valence-electron chi connectivity index (χ3n) is 7.79. The molecule has 1 N–H and O–H groups in total. The molecular weight excluding hydrogens is 647 g/mol. The van der Waals surface area contributed by atoms with Crippen LogP contribution in [0.4, 0.5) is 4.79 Å². The van der Waals surface area contributed by atoms with E-state index in [-0.39, 0.29) is 35.9 Å². The minimum Gasteiger partial charge on any atom is -0.490 e. The first-order chi connectivity index (χ1) is 22.4. The van der Waals surface area contributed by atoms with Crippen molar-refractivity contribution in [3.63, 3.8) is 0 Å². The highest BCUT2D eigenvalue weighted by Crippen LogP contribution is 2.34. The van der Waals surface area contributed by atoms with Gasteiger partial charge in [-0.05, 0) is 48.7 Å². The third-order valence-corrected chi connectivity index (χ3v) is 10.9. The van der Waals surface area contributed by atoms with E-state index in [0.29, 0.717) is 21.4 Å². The van der Waals surface area contributed by atoms with Gasteiger partial charge in [0.05, 0.1) is 0 Å². The second-order valence-electron chi connectivity index (χ2n) is 11.2. The molecule has 0 saturated carbocycles. The second kappa shape index (κ2) is 15.7. The van der Waals surface area contributed by atoms with Crippen LogP contribution in [0.1, 0.15) is 32.3 Å². The average molecular weight is 688 g/mol. The summed E-state index contributed by atoms with van der Waals surface area (Å²) in [6, 6.07) is 14.9. The number of amides is 2. The second-order valence-corrected chi connectivity index (χ2v) is 14.1. The maximum atomic E-state index is 14.3. The molecule has 1 aliphatic rings. The zero-order valence-electron chi connectivity index (χ0n) is 27.1. The van der Waals surface area contributed by atoms with Crippen LogP contribution in [0.2, 0.25) is 0 Å². The summed E-state index contributed by atoms with van der Waals surface area (Å²) in [4.78, 5) is 41.5. The largest absolute Gasteiger partial charge is 0.490 e. The van der Waals surface area contributed by atoms with E-state index < -0.39 is 39.4 Å². The molecule has 2 amide bonds. The van der Waals surface area contributed by atoms with E-state index in [1.807, 2.05) is 19.9 Å². The summed E-state index contributed by atoms with van der Waals surface area (Å²) in [5.41, 5.74) is 0.130. The van der Waals surface area contributed by atoms with Crippen LogP contribution in [-0.4, -0.2) is 95.4 Å². The van der Waals surface area contributed by atoms with Gasteiger partial charge in [0.1, 0.15) is 36.1 Å². The first-order valence-electron chi connectivity index (χ1n) is 15.2. The molecule has 0 bridgehead atoms. The van der Waals surface area contributed by atoms with Crippen molar-refractivity contribution in [2.45, 2.75) is 55.1 Å². The van der Waals surface area contributed by atoms with Crippen molar-refractivity contribution in [2.24, 2.45) is 7.05 Å². The van der Waals surface area contributed by atoms with E-state index in [1.165, 1.54) is 45.7 Å². The number of aromatic nitrogens is 2. The Labute approximate surface area is 279 Å². The number of carbonyl (C=O) groups is 3. The Bertz CT molecular complexity index is 1630. The van der Waals surface area contributed by atoms with Crippen LogP contribution in [0.5, 0.6) is 11.5 Å². The first kappa shape index (κ1) is 35.8. The molecule has 2 aromatic carbocycles. The number of esters is 1. The Balaban J connectivity index is 1.68. The van der Waals surface area contributed by atoms with Gasteiger partial charge in [0.15, 0.2) is 5.03 Å². The maximum absolute atomic E-state index is 14.3. The van der Waals surface area contributed by atoms with Crippen LogP contribution < -0.4 is 14.8 Å². The lowest BCUT2D eigenvalue weighted by molar-refractivity contribution is -0.152. The summed E-state index contributed by atoms with van der Waals surface area (Å²) in [6.07, 6.45) is 2.10. The summed E-state index contributed by atoms with van der Waals surface area (Å²) < 4.78 is 46.9. The molecule has 2 atom stereocenters. The van der Waals surface area contributed by atoms with Gasteiger partial charge in [-0.1, -0.05) is 44.2 Å².